The Morgan fingerprint density at radius 3 is 1.44 bits per heavy atom. The lowest BCUT2D eigenvalue weighted by molar-refractivity contribution is -0.100. The van der Waals surface area contributed by atoms with E-state index in [9.17, 15) is 4.79 Å². The summed E-state index contributed by atoms with van der Waals surface area (Å²) < 4.78 is 12.5. The Balaban J connectivity index is 1.44. The maximum Gasteiger partial charge on any atom is 0.508 e. The van der Waals surface area contributed by atoms with Crippen LogP contribution in [0.25, 0.3) is 0 Å². The largest absolute Gasteiger partial charge is 0.508 e. The van der Waals surface area contributed by atoms with Crippen molar-refractivity contribution in [1.29, 1.82) is 0 Å². The van der Waals surface area contributed by atoms with Crippen molar-refractivity contribution in [3.63, 3.8) is 0 Å². The minimum absolute atomic E-state index is 0.0293. The second-order valence-corrected chi connectivity index (χ2v) is 13.6. The fraction of sp³-hybridized carbons (Fsp3) is 0.966. The molecule has 196 valence electrons. The molecule has 8 atom stereocenters. The lowest BCUT2D eigenvalue weighted by Crippen LogP contribution is -2.47. The number of hydrogen-bond donors (Lipinski definition) is 2. The molecular weight excluding hydrogens is 424 g/mol. The van der Waals surface area contributed by atoms with Gasteiger partial charge < -0.3 is 20.1 Å². The second-order valence-electron chi connectivity index (χ2n) is 13.6. The summed E-state index contributed by atoms with van der Waals surface area (Å²) in [5.74, 6) is 3.31. The summed E-state index contributed by atoms with van der Waals surface area (Å²) in [6.07, 6.45) is 8.67. The summed E-state index contributed by atoms with van der Waals surface area (Å²) in [6, 6.07) is 0. The fourth-order valence-electron chi connectivity index (χ4n) is 8.08. The van der Waals surface area contributed by atoms with E-state index in [-0.39, 0.29) is 23.0 Å². The summed E-state index contributed by atoms with van der Waals surface area (Å²) in [5.41, 5.74) is 0.321. The predicted octanol–water partition coefficient (Wildman–Crippen LogP) is 6.02. The third kappa shape index (κ3) is 5.61. The molecular formula is C29H52N2O3. The van der Waals surface area contributed by atoms with Crippen molar-refractivity contribution in [2.75, 3.05) is 26.2 Å². The van der Waals surface area contributed by atoms with E-state index in [2.05, 4.69) is 52.2 Å². The normalized spacial score (nSPS) is 39.7. The molecule has 5 heteroatoms. The van der Waals surface area contributed by atoms with Gasteiger partial charge in [0.05, 0.1) is 0 Å². The highest BCUT2D eigenvalue weighted by Crippen LogP contribution is 2.49. The Bertz CT molecular complexity index is 625. The zero-order chi connectivity index (χ0) is 24.5. The highest BCUT2D eigenvalue weighted by atomic mass is 16.7. The molecule has 2 heterocycles. The fourth-order valence-corrected chi connectivity index (χ4v) is 8.08. The zero-order valence-corrected chi connectivity index (χ0v) is 22.8. The minimum Gasteiger partial charge on any atom is -0.431 e. The van der Waals surface area contributed by atoms with Gasteiger partial charge in [0, 0.05) is 11.8 Å². The Labute approximate surface area is 208 Å². The first kappa shape index (κ1) is 26.3. The topological polar surface area (TPSA) is 59.6 Å². The van der Waals surface area contributed by atoms with Gasteiger partial charge in [0.1, 0.15) is 12.2 Å². The van der Waals surface area contributed by atoms with Crippen LogP contribution in [0, 0.1) is 46.3 Å². The molecule has 2 N–H and O–H groups in total. The molecule has 34 heavy (non-hydrogen) atoms. The number of ether oxygens (including phenoxy) is 2. The van der Waals surface area contributed by atoms with Crippen LogP contribution in [0.4, 0.5) is 4.79 Å². The molecule has 0 radical (unpaired) electrons. The van der Waals surface area contributed by atoms with Gasteiger partial charge in [-0.2, -0.15) is 0 Å². The standard InChI is InChI=1S/C29H52N2O3/c1-19-7-9-23(28(3,4)21-11-13-30-17-21)25(15-19)33-27(32)34-26-16-20(2)8-10-24(26)29(5,6)22-12-14-31-18-22/h19-26,30-31H,7-18H2,1-6H3. The van der Waals surface area contributed by atoms with E-state index in [1.165, 1.54) is 25.7 Å². The van der Waals surface area contributed by atoms with E-state index in [4.69, 9.17) is 9.47 Å². The van der Waals surface area contributed by atoms with Crippen LogP contribution in [0.3, 0.4) is 0 Å². The van der Waals surface area contributed by atoms with Gasteiger partial charge in [-0.3, -0.25) is 0 Å². The Morgan fingerprint density at radius 1 is 0.676 bits per heavy atom. The summed E-state index contributed by atoms with van der Waals surface area (Å²) in [7, 11) is 0. The maximum atomic E-state index is 13.3. The van der Waals surface area contributed by atoms with Gasteiger partial charge in [-0.25, -0.2) is 4.79 Å². The highest BCUT2D eigenvalue weighted by Gasteiger charge is 2.48. The van der Waals surface area contributed by atoms with Crippen molar-refractivity contribution < 1.29 is 14.3 Å². The lowest BCUT2D eigenvalue weighted by Gasteiger charge is -2.47. The molecule has 2 saturated heterocycles. The van der Waals surface area contributed by atoms with E-state index in [0.29, 0.717) is 35.5 Å². The molecule has 0 aromatic carbocycles. The Hall–Kier alpha value is -0.810. The molecule has 2 aliphatic heterocycles. The third-order valence-electron chi connectivity index (χ3n) is 10.7. The molecule has 2 saturated carbocycles. The number of carbonyl (C=O) groups excluding carboxylic acids is 1. The Morgan fingerprint density at radius 2 is 1.09 bits per heavy atom. The third-order valence-corrected chi connectivity index (χ3v) is 10.7. The monoisotopic (exact) mass is 476 g/mol. The number of hydrogen-bond acceptors (Lipinski definition) is 5. The summed E-state index contributed by atoms with van der Waals surface area (Å²) in [5, 5.41) is 7.09. The van der Waals surface area contributed by atoms with Crippen molar-refractivity contribution in [3.05, 3.63) is 0 Å². The summed E-state index contributed by atoms with van der Waals surface area (Å²) >= 11 is 0. The van der Waals surface area contributed by atoms with Gasteiger partial charge in [0.25, 0.3) is 0 Å². The van der Waals surface area contributed by atoms with Crippen LogP contribution in [0.15, 0.2) is 0 Å². The smallest absolute Gasteiger partial charge is 0.431 e. The molecule has 4 fully saturated rings. The summed E-state index contributed by atoms with van der Waals surface area (Å²) in [6.45, 7) is 18.6. The first-order chi connectivity index (χ1) is 16.1. The predicted molar refractivity (Wildman–Crippen MR) is 138 cm³/mol. The average molecular weight is 477 g/mol. The number of nitrogens with one attached hydrogen (secondary N) is 2. The molecule has 0 amide bonds. The van der Waals surface area contributed by atoms with Gasteiger partial charge in [0.2, 0.25) is 0 Å². The van der Waals surface area contributed by atoms with Gasteiger partial charge >= 0.3 is 6.16 Å². The quantitative estimate of drug-likeness (QED) is 0.459. The molecule has 5 nitrogen and oxygen atoms in total. The van der Waals surface area contributed by atoms with Crippen molar-refractivity contribution in [1.82, 2.24) is 10.6 Å². The minimum atomic E-state index is -0.408. The van der Waals surface area contributed by atoms with E-state index in [0.717, 1.165) is 51.9 Å². The van der Waals surface area contributed by atoms with Gasteiger partial charge in [-0.05, 0) is 99.2 Å². The molecule has 0 spiro atoms. The van der Waals surface area contributed by atoms with Crippen molar-refractivity contribution >= 4 is 6.16 Å². The van der Waals surface area contributed by atoms with Crippen molar-refractivity contribution in [2.45, 2.75) is 105 Å². The second kappa shape index (κ2) is 10.7. The van der Waals surface area contributed by atoms with E-state index in [1.54, 1.807) is 0 Å². The van der Waals surface area contributed by atoms with Crippen LogP contribution in [-0.2, 0) is 9.47 Å². The zero-order valence-electron chi connectivity index (χ0n) is 22.8. The molecule has 0 bridgehead atoms. The first-order valence-electron chi connectivity index (χ1n) is 14.4. The van der Waals surface area contributed by atoms with Crippen molar-refractivity contribution in [3.8, 4) is 0 Å². The highest BCUT2D eigenvalue weighted by molar-refractivity contribution is 5.60. The lowest BCUT2D eigenvalue weighted by atomic mass is 9.61. The van der Waals surface area contributed by atoms with Crippen LogP contribution in [0.2, 0.25) is 0 Å². The van der Waals surface area contributed by atoms with Gasteiger partial charge in [-0.15, -0.1) is 0 Å². The van der Waals surface area contributed by atoms with E-state index < -0.39 is 6.16 Å². The van der Waals surface area contributed by atoms with Crippen LogP contribution in [0.1, 0.15) is 92.9 Å². The van der Waals surface area contributed by atoms with Gasteiger partial charge in [0.15, 0.2) is 0 Å². The average Bonchev–Trinajstić information content (AvgIpc) is 3.48. The van der Waals surface area contributed by atoms with Crippen LogP contribution in [-0.4, -0.2) is 44.5 Å². The van der Waals surface area contributed by atoms with E-state index >= 15 is 0 Å². The van der Waals surface area contributed by atoms with Crippen LogP contribution >= 0.6 is 0 Å². The number of carbonyl (C=O) groups is 1. The van der Waals surface area contributed by atoms with Crippen molar-refractivity contribution in [2.24, 2.45) is 46.3 Å². The molecule has 2 aliphatic carbocycles. The first-order valence-corrected chi connectivity index (χ1v) is 14.4. The summed E-state index contributed by atoms with van der Waals surface area (Å²) in [4.78, 5) is 13.3. The van der Waals surface area contributed by atoms with Crippen LogP contribution in [0.5, 0.6) is 0 Å². The molecule has 0 aromatic rings. The molecule has 4 rings (SSSR count). The molecule has 0 aromatic heterocycles. The SMILES string of the molecule is CC1CCC(C(C)(C)C2CCNC2)C(OC(=O)OC2CC(C)CCC2C(C)(C)C2CCNC2)C1. The van der Waals surface area contributed by atoms with E-state index in [1.807, 2.05) is 0 Å². The molecule has 4 aliphatic rings. The van der Waals surface area contributed by atoms with Gasteiger partial charge in [-0.1, -0.05) is 54.4 Å². The number of rotatable bonds is 6. The maximum absolute atomic E-state index is 13.3. The Kier molecular flexibility index (Phi) is 8.24. The molecule has 8 unspecified atom stereocenters. The van der Waals surface area contributed by atoms with Crippen LogP contribution < -0.4 is 10.6 Å².